The van der Waals surface area contributed by atoms with E-state index in [0.717, 1.165) is 12.5 Å². The molecule has 2 rings (SSSR count). The van der Waals surface area contributed by atoms with Crippen LogP contribution in [0.2, 0.25) is 0 Å². The predicted octanol–water partition coefficient (Wildman–Crippen LogP) is 2.87. The van der Waals surface area contributed by atoms with Gasteiger partial charge in [0.15, 0.2) is 0 Å². The molecule has 1 aliphatic heterocycles. The minimum atomic E-state index is 0.584. The third kappa shape index (κ3) is 2.84. The summed E-state index contributed by atoms with van der Waals surface area (Å²) in [5.74, 6) is 0.821. The quantitative estimate of drug-likeness (QED) is 0.874. The van der Waals surface area contributed by atoms with E-state index in [0.29, 0.717) is 6.04 Å². The fraction of sp³-hybridized carbons (Fsp3) is 0.692. The maximum Gasteiger partial charge on any atom is 0.0413 e. The summed E-state index contributed by atoms with van der Waals surface area (Å²) in [6.07, 6.45) is 3.89. The molecule has 0 aliphatic carbocycles. The third-order valence-corrected chi connectivity index (χ3v) is 4.67. The predicted molar refractivity (Wildman–Crippen MR) is 70.7 cm³/mol. The molecule has 3 heteroatoms. The highest BCUT2D eigenvalue weighted by Crippen LogP contribution is 2.29. The second-order valence-corrected chi connectivity index (χ2v) is 5.75. The van der Waals surface area contributed by atoms with Gasteiger partial charge in [0.1, 0.15) is 0 Å². The highest BCUT2D eigenvalue weighted by Gasteiger charge is 2.24. The molecule has 0 bridgehead atoms. The van der Waals surface area contributed by atoms with Gasteiger partial charge in [0.2, 0.25) is 0 Å². The fourth-order valence-electron chi connectivity index (χ4n) is 2.63. The topological polar surface area (TPSA) is 29.3 Å². The standard InChI is InChI=1S/C13H22N2S/c1-11(13-5-3-9-16-13)15-8-2-4-12(10-15)6-7-14/h3,5,9,11-12H,2,4,6-8,10,14H2,1H3. The van der Waals surface area contributed by atoms with Crippen LogP contribution in [0.3, 0.4) is 0 Å². The van der Waals surface area contributed by atoms with E-state index in [1.807, 2.05) is 11.3 Å². The molecule has 2 heterocycles. The molecule has 2 nitrogen and oxygen atoms in total. The lowest BCUT2D eigenvalue weighted by molar-refractivity contribution is 0.130. The van der Waals surface area contributed by atoms with Crippen LogP contribution in [0.4, 0.5) is 0 Å². The van der Waals surface area contributed by atoms with E-state index in [1.54, 1.807) is 0 Å². The molecule has 0 aromatic carbocycles. The molecule has 1 aromatic heterocycles. The zero-order valence-corrected chi connectivity index (χ0v) is 10.9. The van der Waals surface area contributed by atoms with Crippen molar-refractivity contribution in [1.82, 2.24) is 4.90 Å². The van der Waals surface area contributed by atoms with E-state index in [1.165, 1.54) is 37.2 Å². The number of hydrogen-bond acceptors (Lipinski definition) is 3. The number of piperidine rings is 1. The maximum atomic E-state index is 5.66. The monoisotopic (exact) mass is 238 g/mol. The first-order chi connectivity index (χ1) is 7.81. The Kier molecular flexibility index (Phi) is 4.38. The number of rotatable bonds is 4. The number of likely N-dealkylation sites (tertiary alicyclic amines) is 1. The van der Waals surface area contributed by atoms with Gasteiger partial charge in [-0.05, 0) is 56.6 Å². The summed E-state index contributed by atoms with van der Waals surface area (Å²) in [5.41, 5.74) is 5.66. The van der Waals surface area contributed by atoms with E-state index in [4.69, 9.17) is 5.73 Å². The Morgan fingerprint density at radius 3 is 3.19 bits per heavy atom. The zero-order valence-electron chi connectivity index (χ0n) is 10.1. The van der Waals surface area contributed by atoms with Crippen molar-refractivity contribution in [2.45, 2.75) is 32.2 Å². The summed E-state index contributed by atoms with van der Waals surface area (Å²) in [6, 6.07) is 4.99. The van der Waals surface area contributed by atoms with Gasteiger partial charge in [-0.2, -0.15) is 0 Å². The lowest BCUT2D eigenvalue weighted by Crippen LogP contribution is -2.37. The molecule has 90 valence electrons. The van der Waals surface area contributed by atoms with E-state index < -0.39 is 0 Å². The zero-order chi connectivity index (χ0) is 11.4. The molecule has 1 aromatic rings. The van der Waals surface area contributed by atoms with Gasteiger partial charge in [0.05, 0.1) is 0 Å². The van der Waals surface area contributed by atoms with Gasteiger partial charge in [-0.25, -0.2) is 0 Å². The number of nitrogens with two attached hydrogens (primary N) is 1. The second-order valence-electron chi connectivity index (χ2n) is 4.77. The first-order valence-electron chi connectivity index (χ1n) is 6.28. The molecule has 0 saturated carbocycles. The first kappa shape index (κ1) is 12.1. The van der Waals surface area contributed by atoms with Gasteiger partial charge < -0.3 is 5.73 Å². The number of hydrogen-bond donors (Lipinski definition) is 1. The summed E-state index contributed by atoms with van der Waals surface area (Å²) in [4.78, 5) is 4.11. The highest BCUT2D eigenvalue weighted by molar-refractivity contribution is 7.10. The van der Waals surface area contributed by atoms with Gasteiger partial charge in [0, 0.05) is 17.5 Å². The number of nitrogens with zero attached hydrogens (tertiary/aromatic N) is 1. The molecular formula is C13H22N2S. The Morgan fingerprint density at radius 1 is 1.62 bits per heavy atom. The van der Waals surface area contributed by atoms with E-state index in [2.05, 4.69) is 29.3 Å². The summed E-state index contributed by atoms with van der Waals surface area (Å²) in [6.45, 7) is 5.65. The normalized spacial score (nSPS) is 24.5. The molecule has 1 fully saturated rings. The van der Waals surface area contributed by atoms with E-state index in [9.17, 15) is 0 Å². The summed E-state index contributed by atoms with van der Waals surface area (Å²) < 4.78 is 0. The fourth-order valence-corrected chi connectivity index (χ4v) is 3.45. The largest absolute Gasteiger partial charge is 0.330 e. The third-order valence-electron chi connectivity index (χ3n) is 3.63. The van der Waals surface area contributed by atoms with Gasteiger partial charge in [-0.15, -0.1) is 11.3 Å². The van der Waals surface area contributed by atoms with Gasteiger partial charge in [-0.3, -0.25) is 4.90 Å². The lowest BCUT2D eigenvalue weighted by Gasteiger charge is -2.36. The summed E-state index contributed by atoms with van der Waals surface area (Å²) in [5, 5.41) is 2.17. The van der Waals surface area contributed by atoms with Crippen LogP contribution in [0, 0.1) is 5.92 Å². The van der Waals surface area contributed by atoms with Crippen molar-refractivity contribution < 1.29 is 0 Å². The van der Waals surface area contributed by atoms with Gasteiger partial charge >= 0.3 is 0 Å². The Hall–Kier alpha value is -0.380. The first-order valence-corrected chi connectivity index (χ1v) is 7.16. The Labute approximate surface area is 102 Å². The van der Waals surface area contributed by atoms with Crippen LogP contribution in [0.1, 0.15) is 37.1 Å². The van der Waals surface area contributed by atoms with Crippen molar-refractivity contribution in [2.75, 3.05) is 19.6 Å². The molecule has 0 amide bonds. The maximum absolute atomic E-state index is 5.66. The molecule has 2 N–H and O–H groups in total. The SMILES string of the molecule is CC(c1cccs1)N1CCCC(CCN)C1. The summed E-state index contributed by atoms with van der Waals surface area (Å²) >= 11 is 1.87. The molecule has 0 radical (unpaired) electrons. The van der Waals surface area contributed by atoms with E-state index >= 15 is 0 Å². The molecule has 1 saturated heterocycles. The lowest BCUT2D eigenvalue weighted by atomic mass is 9.94. The molecule has 1 aliphatic rings. The average Bonchev–Trinajstić information content (AvgIpc) is 2.82. The summed E-state index contributed by atoms with van der Waals surface area (Å²) in [7, 11) is 0. The molecule has 0 spiro atoms. The van der Waals surface area contributed by atoms with Crippen molar-refractivity contribution in [3.8, 4) is 0 Å². The Bertz CT molecular complexity index is 295. The molecular weight excluding hydrogens is 216 g/mol. The van der Waals surface area contributed by atoms with Gasteiger partial charge in [-0.1, -0.05) is 6.07 Å². The van der Waals surface area contributed by atoms with E-state index in [-0.39, 0.29) is 0 Å². The van der Waals surface area contributed by atoms with Crippen LogP contribution < -0.4 is 5.73 Å². The van der Waals surface area contributed by atoms with Crippen molar-refractivity contribution in [2.24, 2.45) is 11.7 Å². The highest BCUT2D eigenvalue weighted by atomic mass is 32.1. The van der Waals surface area contributed by atoms with Crippen LogP contribution in [-0.4, -0.2) is 24.5 Å². The molecule has 16 heavy (non-hydrogen) atoms. The molecule has 2 unspecified atom stereocenters. The van der Waals surface area contributed by atoms with Crippen LogP contribution in [0.25, 0.3) is 0 Å². The average molecular weight is 238 g/mol. The Morgan fingerprint density at radius 2 is 2.50 bits per heavy atom. The minimum Gasteiger partial charge on any atom is -0.330 e. The molecule has 2 atom stereocenters. The van der Waals surface area contributed by atoms with Crippen LogP contribution in [-0.2, 0) is 0 Å². The second kappa shape index (κ2) is 5.80. The van der Waals surface area contributed by atoms with Crippen molar-refractivity contribution in [3.05, 3.63) is 22.4 Å². The minimum absolute atomic E-state index is 0.584. The Balaban J connectivity index is 1.93. The van der Waals surface area contributed by atoms with Gasteiger partial charge in [0.25, 0.3) is 0 Å². The van der Waals surface area contributed by atoms with Crippen molar-refractivity contribution in [1.29, 1.82) is 0 Å². The van der Waals surface area contributed by atoms with Crippen LogP contribution in [0.5, 0.6) is 0 Å². The van der Waals surface area contributed by atoms with Crippen molar-refractivity contribution >= 4 is 11.3 Å². The van der Waals surface area contributed by atoms with Crippen molar-refractivity contribution in [3.63, 3.8) is 0 Å². The smallest absolute Gasteiger partial charge is 0.0413 e. The van der Waals surface area contributed by atoms with Crippen LogP contribution in [0.15, 0.2) is 17.5 Å². The van der Waals surface area contributed by atoms with Crippen LogP contribution >= 0.6 is 11.3 Å². The number of thiophene rings is 1.